The number of benzene rings is 1. The van der Waals surface area contributed by atoms with Crippen molar-refractivity contribution in [3.8, 4) is 11.6 Å². The summed E-state index contributed by atoms with van der Waals surface area (Å²) in [6, 6.07) is 5.04. The van der Waals surface area contributed by atoms with Crippen LogP contribution >= 0.6 is 23.2 Å². The maximum absolute atomic E-state index is 6.07. The van der Waals surface area contributed by atoms with Crippen molar-refractivity contribution >= 4 is 29.0 Å². The maximum Gasteiger partial charge on any atom is 0.227 e. The lowest BCUT2D eigenvalue weighted by Crippen LogP contribution is -2.03. The molecule has 4 nitrogen and oxygen atoms in total. The fraction of sp³-hybridized carbons (Fsp3) is 0.231. The summed E-state index contributed by atoms with van der Waals surface area (Å²) in [6.45, 7) is 3.67. The normalized spacial score (nSPS) is 10.4. The Kier molecular flexibility index (Phi) is 4.12. The number of rotatable bonds is 3. The molecule has 0 aliphatic rings. The largest absolute Gasteiger partial charge is 0.437 e. The van der Waals surface area contributed by atoms with Crippen molar-refractivity contribution in [2.24, 2.45) is 0 Å². The highest BCUT2D eigenvalue weighted by molar-refractivity contribution is 6.34. The van der Waals surface area contributed by atoms with Gasteiger partial charge >= 0.3 is 0 Å². The van der Waals surface area contributed by atoms with Gasteiger partial charge in [-0.15, -0.1) is 0 Å². The van der Waals surface area contributed by atoms with Gasteiger partial charge in [-0.25, -0.2) is 4.98 Å². The molecule has 1 N–H and O–H groups in total. The molecule has 0 aliphatic carbocycles. The zero-order valence-electron chi connectivity index (χ0n) is 10.8. The highest BCUT2D eigenvalue weighted by Crippen LogP contribution is 2.33. The van der Waals surface area contributed by atoms with Gasteiger partial charge < -0.3 is 10.1 Å². The molecule has 2 rings (SSSR count). The molecule has 0 amide bonds. The van der Waals surface area contributed by atoms with E-state index in [4.69, 9.17) is 27.9 Å². The maximum atomic E-state index is 6.07. The molecule has 1 heterocycles. The minimum Gasteiger partial charge on any atom is -0.437 e. The number of anilines is 1. The van der Waals surface area contributed by atoms with Crippen LogP contribution in [0.2, 0.25) is 10.0 Å². The van der Waals surface area contributed by atoms with Crippen molar-refractivity contribution in [1.82, 2.24) is 9.97 Å². The molecule has 1 aromatic heterocycles. The van der Waals surface area contributed by atoms with E-state index in [1.54, 1.807) is 32.2 Å². The number of nitrogens with one attached hydrogen (secondary N) is 1. The van der Waals surface area contributed by atoms with Gasteiger partial charge in [-0.3, -0.25) is 0 Å². The number of nitrogens with zero attached hydrogens (tertiary/aromatic N) is 2. The molecule has 19 heavy (non-hydrogen) atoms. The summed E-state index contributed by atoms with van der Waals surface area (Å²) >= 11 is 12.0. The molecule has 100 valence electrons. The summed E-state index contributed by atoms with van der Waals surface area (Å²) in [5.41, 5.74) is 0.809. The summed E-state index contributed by atoms with van der Waals surface area (Å²) in [4.78, 5) is 8.54. The summed E-state index contributed by atoms with van der Waals surface area (Å²) in [6.07, 6.45) is 0. The van der Waals surface area contributed by atoms with Crippen LogP contribution in [0.4, 0.5) is 5.82 Å². The highest BCUT2D eigenvalue weighted by Gasteiger charge is 2.12. The van der Waals surface area contributed by atoms with E-state index in [1.165, 1.54) is 0 Å². The van der Waals surface area contributed by atoms with Crippen molar-refractivity contribution in [2.45, 2.75) is 13.8 Å². The Morgan fingerprint density at radius 3 is 2.58 bits per heavy atom. The number of hydrogen-bond donors (Lipinski definition) is 1. The third-order valence-electron chi connectivity index (χ3n) is 2.55. The van der Waals surface area contributed by atoms with Gasteiger partial charge in [-0.2, -0.15) is 4.98 Å². The van der Waals surface area contributed by atoms with Crippen LogP contribution in [-0.4, -0.2) is 17.0 Å². The Bertz CT molecular complexity index is 617. The molecule has 6 heteroatoms. The monoisotopic (exact) mass is 297 g/mol. The first-order chi connectivity index (χ1) is 9.01. The van der Waals surface area contributed by atoms with Gasteiger partial charge in [0, 0.05) is 18.1 Å². The molecule has 0 aliphatic heterocycles. The molecular formula is C13H13Cl2N3O. The van der Waals surface area contributed by atoms with Gasteiger partial charge in [0.05, 0.1) is 10.6 Å². The average Bonchev–Trinajstić information content (AvgIpc) is 2.37. The molecule has 0 radical (unpaired) electrons. The summed E-state index contributed by atoms with van der Waals surface area (Å²) in [7, 11) is 1.80. The van der Waals surface area contributed by atoms with Crippen LogP contribution in [-0.2, 0) is 0 Å². The predicted molar refractivity (Wildman–Crippen MR) is 77.6 cm³/mol. The second-order valence-electron chi connectivity index (χ2n) is 3.98. The zero-order valence-corrected chi connectivity index (χ0v) is 12.3. The van der Waals surface area contributed by atoms with Crippen LogP contribution in [0.25, 0.3) is 0 Å². The number of aryl methyl sites for hydroxylation is 1. The van der Waals surface area contributed by atoms with Crippen LogP contribution in [0.3, 0.4) is 0 Å². The van der Waals surface area contributed by atoms with Crippen molar-refractivity contribution < 1.29 is 4.74 Å². The summed E-state index contributed by atoms with van der Waals surface area (Å²) in [5, 5.41) is 4.03. The van der Waals surface area contributed by atoms with E-state index in [2.05, 4.69) is 15.3 Å². The molecule has 0 atom stereocenters. The smallest absolute Gasteiger partial charge is 0.227 e. The minimum atomic E-state index is 0.459. The third-order valence-corrected chi connectivity index (χ3v) is 3.10. The lowest BCUT2D eigenvalue weighted by atomic mass is 10.3. The standard InChI is InChI=1S/C13H13Cl2N3O/c1-7-12(16-3)17-8(2)18-13(7)19-11-6-9(14)4-5-10(11)15/h4-6H,1-3H3,(H,16,17,18). The Labute approximate surface area is 121 Å². The zero-order chi connectivity index (χ0) is 14.0. The van der Waals surface area contributed by atoms with Crippen molar-refractivity contribution in [3.05, 3.63) is 39.6 Å². The topological polar surface area (TPSA) is 47.0 Å². The minimum absolute atomic E-state index is 0.459. The highest BCUT2D eigenvalue weighted by atomic mass is 35.5. The first-order valence-corrected chi connectivity index (χ1v) is 6.42. The molecule has 2 aromatic rings. The number of ether oxygens (including phenoxy) is 1. The number of hydrogen-bond acceptors (Lipinski definition) is 4. The fourth-order valence-corrected chi connectivity index (χ4v) is 1.92. The second kappa shape index (κ2) is 5.63. The first-order valence-electron chi connectivity index (χ1n) is 5.67. The van der Waals surface area contributed by atoms with E-state index < -0.39 is 0 Å². The second-order valence-corrected chi connectivity index (χ2v) is 4.82. The Balaban J connectivity index is 2.43. The van der Waals surface area contributed by atoms with Gasteiger partial charge in [0.25, 0.3) is 0 Å². The Morgan fingerprint density at radius 1 is 1.16 bits per heavy atom. The molecule has 0 saturated heterocycles. The Morgan fingerprint density at radius 2 is 1.89 bits per heavy atom. The quantitative estimate of drug-likeness (QED) is 0.921. The Hall–Kier alpha value is -1.52. The van der Waals surface area contributed by atoms with Gasteiger partial charge in [0.2, 0.25) is 5.88 Å². The van der Waals surface area contributed by atoms with E-state index in [0.717, 1.165) is 11.4 Å². The lowest BCUT2D eigenvalue weighted by molar-refractivity contribution is 0.456. The van der Waals surface area contributed by atoms with Gasteiger partial charge in [0.1, 0.15) is 17.4 Å². The van der Waals surface area contributed by atoms with Gasteiger partial charge in [-0.05, 0) is 26.0 Å². The average molecular weight is 298 g/mol. The summed E-state index contributed by atoms with van der Waals surface area (Å²) in [5.74, 6) is 2.27. The van der Waals surface area contributed by atoms with Crippen molar-refractivity contribution in [1.29, 1.82) is 0 Å². The van der Waals surface area contributed by atoms with E-state index in [-0.39, 0.29) is 0 Å². The predicted octanol–water partition coefficient (Wildman–Crippen LogP) is 4.23. The SMILES string of the molecule is CNc1nc(C)nc(Oc2cc(Cl)ccc2Cl)c1C. The third kappa shape index (κ3) is 3.08. The molecule has 0 saturated carbocycles. The van der Waals surface area contributed by atoms with E-state index >= 15 is 0 Å². The fourth-order valence-electron chi connectivity index (χ4n) is 1.61. The van der Waals surface area contributed by atoms with Crippen LogP contribution in [0, 0.1) is 13.8 Å². The van der Waals surface area contributed by atoms with E-state index in [9.17, 15) is 0 Å². The van der Waals surface area contributed by atoms with Crippen LogP contribution < -0.4 is 10.1 Å². The molecule has 0 bridgehead atoms. The molecule has 0 unspecified atom stereocenters. The van der Waals surface area contributed by atoms with Crippen molar-refractivity contribution in [3.63, 3.8) is 0 Å². The van der Waals surface area contributed by atoms with Crippen LogP contribution in [0.15, 0.2) is 18.2 Å². The van der Waals surface area contributed by atoms with Crippen molar-refractivity contribution in [2.75, 3.05) is 12.4 Å². The van der Waals surface area contributed by atoms with E-state index in [0.29, 0.717) is 27.5 Å². The molecular weight excluding hydrogens is 285 g/mol. The molecule has 1 aromatic carbocycles. The number of aromatic nitrogens is 2. The van der Waals surface area contributed by atoms with Crippen LogP contribution in [0.1, 0.15) is 11.4 Å². The lowest BCUT2D eigenvalue weighted by Gasteiger charge is -2.12. The van der Waals surface area contributed by atoms with Gasteiger partial charge in [0.15, 0.2) is 0 Å². The first kappa shape index (κ1) is 13.9. The summed E-state index contributed by atoms with van der Waals surface area (Å²) < 4.78 is 5.74. The van der Waals surface area contributed by atoms with Crippen LogP contribution in [0.5, 0.6) is 11.6 Å². The molecule has 0 spiro atoms. The number of halogens is 2. The van der Waals surface area contributed by atoms with Gasteiger partial charge in [-0.1, -0.05) is 23.2 Å². The van der Waals surface area contributed by atoms with E-state index in [1.807, 2.05) is 6.92 Å². The molecule has 0 fully saturated rings.